The Morgan fingerprint density at radius 2 is 1.53 bits per heavy atom. The van der Waals surface area contributed by atoms with Crippen LogP contribution in [0.15, 0.2) is 71.7 Å². The number of rotatable bonds is 9. The van der Waals surface area contributed by atoms with E-state index in [4.69, 9.17) is 14.5 Å². The van der Waals surface area contributed by atoms with Crippen molar-refractivity contribution in [3.05, 3.63) is 83.4 Å². The summed E-state index contributed by atoms with van der Waals surface area (Å²) in [5, 5.41) is 11.5. The lowest BCUT2D eigenvalue weighted by molar-refractivity contribution is 0.319. The second-order valence-corrected chi connectivity index (χ2v) is 8.34. The third-order valence-electron chi connectivity index (χ3n) is 5.85. The van der Waals surface area contributed by atoms with Gasteiger partial charge in [-0.25, -0.2) is 0 Å². The molecule has 0 saturated carbocycles. The lowest BCUT2D eigenvalue weighted by Gasteiger charge is -2.17. The van der Waals surface area contributed by atoms with Crippen LogP contribution in [-0.4, -0.2) is 42.0 Å². The molecule has 0 aliphatic heterocycles. The molecule has 0 amide bonds. The zero-order chi connectivity index (χ0) is 24.1. The van der Waals surface area contributed by atoms with Crippen LogP contribution in [0.4, 0.5) is 5.69 Å². The van der Waals surface area contributed by atoms with Gasteiger partial charge in [-0.05, 0) is 42.8 Å². The minimum atomic E-state index is 0.0880. The summed E-state index contributed by atoms with van der Waals surface area (Å²) in [7, 11) is 5.32. The van der Waals surface area contributed by atoms with Crippen LogP contribution >= 0.6 is 0 Å². The van der Waals surface area contributed by atoms with E-state index >= 15 is 0 Å². The number of aromatic amines is 1. The molecule has 0 fully saturated rings. The summed E-state index contributed by atoms with van der Waals surface area (Å²) < 4.78 is 10.8. The predicted molar refractivity (Wildman–Crippen MR) is 138 cm³/mol. The van der Waals surface area contributed by atoms with Crippen LogP contribution in [0.2, 0.25) is 0 Å². The van der Waals surface area contributed by atoms with E-state index in [0.29, 0.717) is 23.5 Å². The molecule has 0 saturated heterocycles. The second kappa shape index (κ2) is 10.4. The van der Waals surface area contributed by atoms with Crippen LogP contribution < -0.4 is 9.47 Å². The highest BCUT2D eigenvalue weighted by molar-refractivity contribution is 6.14. The number of H-pyrrole nitrogens is 1. The Bertz CT molecular complexity index is 1280. The van der Waals surface area contributed by atoms with Gasteiger partial charge in [0.1, 0.15) is 0 Å². The molecule has 0 unspecified atom stereocenters. The first kappa shape index (κ1) is 23.4. The Labute approximate surface area is 200 Å². The summed E-state index contributed by atoms with van der Waals surface area (Å²) in [5.74, 6) is 1.30. The molecule has 2 N–H and O–H groups in total. The maximum Gasteiger partial charge on any atom is 0.198 e. The number of nitrogens with one attached hydrogen (secondary N) is 1. The molecule has 4 rings (SSSR count). The molecule has 0 aliphatic rings. The first-order valence-electron chi connectivity index (χ1n) is 11.4. The number of aliphatic imine (C=N–C) groups is 1. The van der Waals surface area contributed by atoms with E-state index in [-0.39, 0.29) is 5.88 Å². The average Bonchev–Trinajstić information content (AvgIpc) is 3.17. The van der Waals surface area contributed by atoms with Crippen molar-refractivity contribution in [2.24, 2.45) is 4.99 Å². The summed E-state index contributed by atoms with van der Waals surface area (Å²) >= 11 is 0. The number of fused-ring (bicyclic) bond motifs is 1. The van der Waals surface area contributed by atoms with E-state index in [9.17, 15) is 5.11 Å². The number of aromatic hydroxyl groups is 1. The zero-order valence-electron chi connectivity index (χ0n) is 20.1. The average molecular weight is 458 g/mol. The Morgan fingerprint density at radius 3 is 2.15 bits per heavy atom. The quantitative estimate of drug-likeness (QED) is 0.300. The van der Waals surface area contributed by atoms with Gasteiger partial charge < -0.3 is 19.6 Å². The van der Waals surface area contributed by atoms with E-state index in [2.05, 4.69) is 53.3 Å². The minimum absolute atomic E-state index is 0.0880. The third-order valence-corrected chi connectivity index (χ3v) is 5.85. The van der Waals surface area contributed by atoms with Crippen molar-refractivity contribution in [3.8, 4) is 17.4 Å². The number of aromatic nitrogens is 1. The van der Waals surface area contributed by atoms with Crippen molar-refractivity contribution in [2.75, 3.05) is 21.3 Å². The van der Waals surface area contributed by atoms with Crippen LogP contribution in [0.25, 0.3) is 10.9 Å². The summed E-state index contributed by atoms with van der Waals surface area (Å²) in [6.45, 7) is 3.78. The van der Waals surface area contributed by atoms with Crippen molar-refractivity contribution < 1.29 is 14.6 Å². The molecular weight excluding hydrogens is 426 g/mol. The van der Waals surface area contributed by atoms with Crippen molar-refractivity contribution in [1.29, 1.82) is 0 Å². The fraction of sp³-hybridized carbons (Fsp3) is 0.250. The molecule has 0 bridgehead atoms. The molecule has 0 radical (unpaired) electrons. The number of methoxy groups -OCH3 is 2. The summed E-state index contributed by atoms with van der Waals surface area (Å²) in [6.07, 6.45) is 0.663. The van der Waals surface area contributed by atoms with Gasteiger partial charge in [0.2, 0.25) is 0 Å². The Balaban J connectivity index is 1.57. The molecule has 1 heterocycles. The highest BCUT2D eigenvalue weighted by atomic mass is 16.5. The molecular formula is C28H31N3O3. The van der Waals surface area contributed by atoms with Gasteiger partial charge in [0.25, 0.3) is 0 Å². The van der Waals surface area contributed by atoms with Gasteiger partial charge in [-0.1, -0.05) is 49.4 Å². The smallest absolute Gasteiger partial charge is 0.198 e. The summed E-state index contributed by atoms with van der Waals surface area (Å²) in [5.41, 5.74) is 5.62. The van der Waals surface area contributed by atoms with E-state index in [1.54, 1.807) is 14.2 Å². The normalized spacial score (nSPS) is 11.9. The molecule has 176 valence electrons. The fourth-order valence-corrected chi connectivity index (χ4v) is 4.21. The van der Waals surface area contributed by atoms with Crippen LogP contribution in [0, 0.1) is 0 Å². The maximum absolute atomic E-state index is 10.7. The van der Waals surface area contributed by atoms with E-state index in [0.717, 1.165) is 35.4 Å². The van der Waals surface area contributed by atoms with Crippen LogP contribution in [-0.2, 0) is 13.1 Å². The van der Waals surface area contributed by atoms with Crippen molar-refractivity contribution in [3.63, 3.8) is 0 Å². The summed E-state index contributed by atoms with van der Waals surface area (Å²) in [6, 6.07) is 22.4. The largest absolute Gasteiger partial charge is 0.494 e. The minimum Gasteiger partial charge on any atom is -0.494 e. The SMILES string of the molecule is CCC(=Nc1ccc(CN(C)Cc2ccccc2)cc1)c1c(O)[nH]c2cc(OC)c(OC)cc12. The van der Waals surface area contributed by atoms with Crippen LogP contribution in [0.1, 0.15) is 30.0 Å². The summed E-state index contributed by atoms with van der Waals surface area (Å²) in [4.78, 5) is 10.2. The number of benzene rings is 3. The van der Waals surface area contributed by atoms with Gasteiger partial charge in [0, 0.05) is 24.5 Å². The van der Waals surface area contributed by atoms with E-state index in [1.807, 2.05) is 37.3 Å². The van der Waals surface area contributed by atoms with E-state index in [1.165, 1.54) is 11.1 Å². The van der Waals surface area contributed by atoms with Gasteiger partial charge in [-0.2, -0.15) is 0 Å². The van der Waals surface area contributed by atoms with E-state index < -0.39 is 0 Å². The molecule has 4 aromatic rings. The molecule has 0 spiro atoms. The Hall–Kier alpha value is -3.77. The highest BCUT2D eigenvalue weighted by Gasteiger charge is 2.18. The molecule has 1 aromatic heterocycles. The molecule has 34 heavy (non-hydrogen) atoms. The van der Waals surface area contributed by atoms with Crippen LogP contribution in [0.5, 0.6) is 17.4 Å². The molecule has 3 aromatic carbocycles. The lowest BCUT2D eigenvalue weighted by atomic mass is 10.1. The first-order chi connectivity index (χ1) is 16.5. The molecule has 6 nitrogen and oxygen atoms in total. The van der Waals surface area contributed by atoms with Crippen molar-refractivity contribution in [2.45, 2.75) is 26.4 Å². The van der Waals surface area contributed by atoms with Gasteiger partial charge >= 0.3 is 0 Å². The standard InChI is InChI=1S/C28H31N3O3/c1-5-23(27-22-15-25(33-3)26(34-4)16-24(22)30-28(27)32)29-21-13-11-20(12-14-21)18-31(2)17-19-9-7-6-8-10-19/h6-16,30,32H,5,17-18H2,1-4H3. The highest BCUT2D eigenvalue weighted by Crippen LogP contribution is 2.37. The monoisotopic (exact) mass is 457 g/mol. The number of ether oxygens (including phenoxy) is 2. The zero-order valence-corrected chi connectivity index (χ0v) is 20.1. The number of hydrogen-bond donors (Lipinski definition) is 2. The maximum atomic E-state index is 10.7. The molecule has 0 aliphatic carbocycles. The Kier molecular flexibility index (Phi) is 7.18. The third kappa shape index (κ3) is 5.07. The lowest BCUT2D eigenvalue weighted by Crippen LogP contribution is -2.17. The predicted octanol–water partition coefficient (Wildman–Crippen LogP) is 6.05. The van der Waals surface area contributed by atoms with Gasteiger partial charge in [-0.3, -0.25) is 9.89 Å². The van der Waals surface area contributed by atoms with Gasteiger partial charge in [0.05, 0.1) is 36.7 Å². The number of hydrogen-bond acceptors (Lipinski definition) is 5. The molecule has 0 atom stereocenters. The van der Waals surface area contributed by atoms with Gasteiger partial charge in [0.15, 0.2) is 17.4 Å². The van der Waals surface area contributed by atoms with Crippen molar-refractivity contribution >= 4 is 22.3 Å². The van der Waals surface area contributed by atoms with Crippen LogP contribution in [0.3, 0.4) is 0 Å². The van der Waals surface area contributed by atoms with Gasteiger partial charge in [-0.15, -0.1) is 0 Å². The number of nitrogens with zero attached hydrogens (tertiary/aromatic N) is 2. The van der Waals surface area contributed by atoms with Crippen molar-refractivity contribution in [1.82, 2.24) is 9.88 Å². The topological polar surface area (TPSA) is 70.1 Å². The second-order valence-electron chi connectivity index (χ2n) is 8.34. The fourth-order valence-electron chi connectivity index (χ4n) is 4.21. The Morgan fingerprint density at radius 1 is 0.912 bits per heavy atom. The first-order valence-corrected chi connectivity index (χ1v) is 11.4. The molecule has 6 heteroatoms.